The van der Waals surface area contributed by atoms with Gasteiger partial charge in [-0.2, -0.15) is 0 Å². The number of unbranched alkanes of at least 4 members (excludes halogenated alkanes) is 10. The second-order valence-electron chi connectivity index (χ2n) is 5.15. The van der Waals surface area contributed by atoms with Crippen LogP contribution in [-0.4, -0.2) is 18.9 Å². The van der Waals surface area contributed by atoms with E-state index in [1.807, 2.05) is 0 Å². The van der Waals surface area contributed by atoms with E-state index in [1.165, 1.54) is 44.9 Å². The first kappa shape index (κ1) is 23.6. The Morgan fingerprint density at radius 2 is 1.24 bits per heavy atom. The average Bonchev–Trinajstić information content (AvgIpc) is 2.34. The predicted molar refractivity (Wildman–Crippen MR) is 76.9 cm³/mol. The van der Waals surface area contributed by atoms with Gasteiger partial charge in [0, 0.05) is 6.42 Å². The van der Waals surface area contributed by atoms with Gasteiger partial charge in [-0.3, -0.25) is 4.79 Å². The van der Waals surface area contributed by atoms with Crippen LogP contribution in [0.1, 0.15) is 84.0 Å². The van der Waals surface area contributed by atoms with E-state index in [0.717, 1.165) is 19.3 Å². The molecular weight excluding hydrogens is 303 g/mol. The monoisotopic (exact) mass is 330 g/mol. The topological polar surface area (TPSA) is 83.5 Å². The number of hydrogen-bond acceptors (Lipinski definition) is 5. The number of carbonyl (C=O) groups is 1. The molecule has 0 aliphatic carbocycles. The summed E-state index contributed by atoms with van der Waals surface area (Å²) in [6.45, 7) is 2.21. The summed E-state index contributed by atoms with van der Waals surface area (Å²) < 4.78 is 34.1. The van der Waals surface area contributed by atoms with Gasteiger partial charge in [-0.25, -0.2) is 8.42 Å². The Morgan fingerprint density at radius 1 is 0.857 bits per heavy atom. The third-order valence-electron chi connectivity index (χ3n) is 3.18. The van der Waals surface area contributed by atoms with Gasteiger partial charge in [-0.1, -0.05) is 71.1 Å². The van der Waals surface area contributed by atoms with Crippen molar-refractivity contribution < 1.29 is 51.5 Å². The maximum atomic E-state index is 10.9. The summed E-state index contributed by atoms with van der Waals surface area (Å²) in [5.74, 6) is -0.948. The Morgan fingerprint density at radius 3 is 1.62 bits per heavy atom. The molecule has 0 heterocycles. The van der Waals surface area contributed by atoms with Crippen LogP contribution in [0.25, 0.3) is 0 Å². The molecule has 0 aromatic heterocycles. The van der Waals surface area contributed by atoms with Crippen molar-refractivity contribution in [1.82, 2.24) is 0 Å². The van der Waals surface area contributed by atoms with Gasteiger partial charge in [-0.15, -0.1) is 0 Å². The van der Waals surface area contributed by atoms with Crippen molar-refractivity contribution in [2.24, 2.45) is 0 Å². The zero-order chi connectivity index (χ0) is 15.3. The molecule has 0 radical (unpaired) electrons. The van der Waals surface area contributed by atoms with Gasteiger partial charge in [0.15, 0.2) is 0 Å². The third kappa shape index (κ3) is 20.4. The van der Waals surface area contributed by atoms with E-state index < -0.39 is 16.4 Å². The summed E-state index contributed by atoms with van der Waals surface area (Å²) in [6.07, 6.45) is 12.7. The number of carbonyl (C=O) groups excluding carboxylic acids is 1. The fraction of sp³-hybridized carbons (Fsp3) is 0.929. The van der Waals surface area contributed by atoms with Crippen molar-refractivity contribution >= 4 is 16.4 Å². The molecule has 0 aliphatic rings. The van der Waals surface area contributed by atoms with E-state index in [9.17, 15) is 17.8 Å². The first-order valence-corrected chi connectivity index (χ1v) is 8.97. The molecule has 0 rings (SSSR count). The molecule has 0 N–H and O–H groups in total. The Labute approximate surface area is 151 Å². The van der Waals surface area contributed by atoms with Crippen LogP contribution in [0.5, 0.6) is 0 Å². The summed E-state index contributed by atoms with van der Waals surface area (Å²) in [6, 6.07) is 0. The van der Waals surface area contributed by atoms with Crippen LogP contribution in [-0.2, 0) is 19.4 Å². The van der Waals surface area contributed by atoms with Crippen molar-refractivity contribution in [2.45, 2.75) is 84.0 Å². The van der Waals surface area contributed by atoms with Crippen LogP contribution in [0.3, 0.4) is 0 Å². The number of hydrogen-bond donors (Lipinski definition) is 0. The molecule has 0 saturated carbocycles. The van der Waals surface area contributed by atoms with Crippen LogP contribution >= 0.6 is 0 Å². The molecule has 120 valence electrons. The smallest absolute Gasteiger partial charge is 0.716 e. The van der Waals surface area contributed by atoms with Gasteiger partial charge in [0.2, 0.25) is 0 Å². The fourth-order valence-corrected chi connectivity index (χ4v) is 2.40. The van der Waals surface area contributed by atoms with Crippen LogP contribution in [0, 0.1) is 0 Å². The molecule has 5 nitrogen and oxygen atoms in total. The maximum Gasteiger partial charge on any atom is 1.00 e. The third-order valence-corrected chi connectivity index (χ3v) is 3.57. The molecule has 0 unspecified atom stereocenters. The van der Waals surface area contributed by atoms with Crippen LogP contribution in [0.4, 0.5) is 0 Å². The zero-order valence-corrected chi connectivity index (χ0v) is 16.3. The molecule has 21 heavy (non-hydrogen) atoms. The molecule has 0 aromatic carbocycles. The summed E-state index contributed by atoms with van der Waals surface area (Å²) in [7, 11) is -4.89. The zero-order valence-electron chi connectivity index (χ0n) is 13.4. The molecule has 7 heteroatoms. The quantitative estimate of drug-likeness (QED) is 0.215. The fourth-order valence-electron chi connectivity index (χ4n) is 2.09. The van der Waals surface area contributed by atoms with Gasteiger partial charge in [0.25, 0.3) is 10.4 Å². The maximum absolute atomic E-state index is 10.9. The normalized spacial score (nSPS) is 11.0. The van der Waals surface area contributed by atoms with Crippen molar-refractivity contribution in [3.63, 3.8) is 0 Å². The van der Waals surface area contributed by atoms with Gasteiger partial charge in [-0.05, 0) is 6.42 Å². The van der Waals surface area contributed by atoms with Crippen LogP contribution in [0.2, 0.25) is 0 Å². The Bertz CT molecular complexity index is 343. The Balaban J connectivity index is 0. The summed E-state index contributed by atoms with van der Waals surface area (Å²) in [4.78, 5) is 10.9. The predicted octanol–water partition coefficient (Wildman–Crippen LogP) is 0.695. The largest absolute Gasteiger partial charge is 1.00 e. The van der Waals surface area contributed by atoms with Crippen LogP contribution < -0.4 is 29.6 Å². The standard InChI is InChI=1S/C14H28O5S.Na/c1-2-3-4-5-6-7-8-9-10-11-12-13-14(15)19-20(16,17)18;/h2-13H2,1H3,(H,16,17,18);/q;+1/p-1. The minimum absolute atomic E-state index is 0. The van der Waals surface area contributed by atoms with Crippen molar-refractivity contribution in [2.75, 3.05) is 0 Å². The van der Waals surface area contributed by atoms with Crippen molar-refractivity contribution in [3.8, 4) is 0 Å². The van der Waals surface area contributed by atoms with E-state index in [1.54, 1.807) is 0 Å². The summed E-state index contributed by atoms with van der Waals surface area (Å²) >= 11 is 0. The van der Waals surface area contributed by atoms with Gasteiger partial charge in [0.1, 0.15) is 0 Å². The molecule has 0 saturated heterocycles. The summed E-state index contributed by atoms with van der Waals surface area (Å²) in [5.41, 5.74) is 0. The summed E-state index contributed by atoms with van der Waals surface area (Å²) in [5, 5.41) is 0. The Hall–Kier alpha value is 0.380. The van der Waals surface area contributed by atoms with E-state index in [2.05, 4.69) is 11.1 Å². The minimum atomic E-state index is -4.89. The van der Waals surface area contributed by atoms with E-state index in [0.29, 0.717) is 6.42 Å². The average molecular weight is 330 g/mol. The molecule has 0 atom stereocenters. The van der Waals surface area contributed by atoms with Gasteiger partial charge >= 0.3 is 35.5 Å². The van der Waals surface area contributed by atoms with Gasteiger partial charge < -0.3 is 8.74 Å². The van der Waals surface area contributed by atoms with E-state index in [-0.39, 0.29) is 36.0 Å². The molecule has 0 bridgehead atoms. The second-order valence-corrected chi connectivity index (χ2v) is 6.13. The minimum Gasteiger partial charge on any atom is -0.716 e. The van der Waals surface area contributed by atoms with Gasteiger partial charge in [0.05, 0.1) is 0 Å². The molecule has 0 fully saturated rings. The molecule has 0 aliphatic heterocycles. The second kappa shape index (κ2) is 15.3. The van der Waals surface area contributed by atoms with Crippen LogP contribution in [0.15, 0.2) is 0 Å². The SMILES string of the molecule is CCCCCCCCCCCCCC(=O)OS(=O)(=O)[O-].[Na+]. The molecule has 0 amide bonds. The molecular formula is C14H27NaO5S. The van der Waals surface area contributed by atoms with E-state index in [4.69, 9.17) is 0 Å². The first-order chi connectivity index (χ1) is 9.45. The van der Waals surface area contributed by atoms with Crippen molar-refractivity contribution in [1.29, 1.82) is 0 Å². The number of rotatable bonds is 13. The molecule has 0 aromatic rings. The molecule has 0 spiro atoms. The first-order valence-electron chi connectivity index (χ1n) is 7.64. The van der Waals surface area contributed by atoms with E-state index >= 15 is 0 Å². The Kier molecular flexibility index (Phi) is 17.2. The van der Waals surface area contributed by atoms with Crippen molar-refractivity contribution in [3.05, 3.63) is 0 Å².